The summed E-state index contributed by atoms with van der Waals surface area (Å²) in [5, 5.41) is 0. The molecular weight excluding hydrogens is 286 g/mol. The van der Waals surface area contributed by atoms with Gasteiger partial charge in [-0.1, -0.05) is 40.7 Å². The van der Waals surface area contributed by atoms with Crippen LogP contribution in [-0.2, 0) is 5.41 Å². The smallest absolute Gasteiger partial charge is 0.161 e. The van der Waals surface area contributed by atoms with Crippen LogP contribution in [0, 0.1) is 5.41 Å². The number of hydrogen-bond acceptors (Lipinski definition) is 3. The van der Waals surface area contributed by atoms with E-state index in [0.717, 1.165) is 24.6 Å². The highest BCUT2D eigenvalue weighted by Gasteiger charge is 2.30. The quantitative estimate of drug-likeness (QED) is 0.814. The van der Waals surface area contributed by atoms with Crippen LogP contribution in [0.3, 0.4) is 0 Å². The lowest BCUT2D eigenvalue weighted by molar-refractivity contribution is 0.0318. The lowest BCUT2D eigenvalue weighted by Crippen LogP contribution is -2.47. The van der Waals surface area contributed by atoms with Crippen LogP contribution in [0.25, 0.3) is 0 Å². The average molecular weight is 317 g/mol. The van der Waals surface area contributed by atoms with Gasteiger partial charge in [0.05, 0.1) is 0 Å². The maximum Gasteiger partial charge on any atom is 0.161 e. The van der Waals surface area contributed by atoms with Gasteiger partial charge in [0.25, 0.3) is 0 Å². The Morgan fingerprint density at radius 1 is 1.22 bits per heavy atom. The van der Waals surface area contributed by atoms with E-state index < -0.39 is 0 Å². The van der Waals surface area contributed by atoms with Gasteiger partial charge in [-0.3, -0.25) is 4.90 Å². The van der Waals surface area contributed by atoms with Crippen molar-refractivity contribution >= 4 is 0 Å². The topological polar surface area (TPSA) is 21.7 Å². The standard InChI is InChI=1S/C20H31NO2/c1-19(2,3)15-7-8-17-18(11-15)22-13-16(23-17)12-21-10-6-9-20(4,5)14-21/h7-8,11,16H,6,9-10,12-14H2,1-5H3. The van der Waals surface area contributed by atoms with Crippen LogP contribution in [0.1, 0.15) is 53.0 Å². The van der Waals surface area contributed by atoms with Crippen molar-refractivity contribution < 1.29 is 9.47 Å². The van der Waals surface area contributed by atoms with E-state index in [1.54, 1.807) is 0 Å². The predicted molar refractivity (Wildman–Crippen MR) is 94.5 cm³/mol. The molecule has 0 N–H and O–H groups in total. The normalized spacial score (nSPS) is 24.5. The highest BCUT2D eigenvalue weighted by molar-refractivity contribution is 5.45. The Bertz CT molecular complexity index is 559. The van der Waals surface area contributed by atoms with Crippen molar-refractivity contribution in [1.82, 2.24) is 4.90 Å². The minimum absolute atomic E-state index is 0.134. The van der Waals surface area contributed by atoms with Crippen LogP contribution < -0.4 is 9.47 Å². The molecule has 23 heavy (non-hydrogen) atoms. The number of likely N-dealkylation sites (tertiary alicyclic amines) is 1. The Labute approximate surface area is 141 Å². The van der Waals surface area contributed by atoms with E-state index in [0.29, 0.717) is 12.0 Å². The Morgan fingerprint density at radius 3 is 2.70 bits per heavy atom. The average Bonchev–Trinajstić information content (AvgIpc) is 2.44. The molecule has 0 radical (unpaired) electrons. The SMILES string of the molecule is CC1(C)CCCN(CC2COc3cc(C(C)(C)C)ccc3O2)C1. The van der Waals surface area contributed by atoms with E-state index in [4.69, 9.17) is 9.47 Å². The molecule has 1 fully saturated rings. The maximum absolute atomic E-state index is 6.20. The number of fused-ring (bicyclic) bond motifs is 1. The molecule has 1 aromatic rings. The molecular formula is C20H31NO2. The lowest BCUT2D eigenvalue weighted by atomic mass is 9.84. The molecule has 0 amide bonds. The molecule has 1 unspecified atom stereocenters. The van der Waals surface area contributed by atoms with E-state index in [9.17, 15) is 0 Å². The van der Waals surface area contributed by atoms with Gasteiger partial charge in [-0.15, -0.1) is 0 Å². The van der Waals surface area contributed by atoms with Gasteiger partial charge in [-0.05, 0) is 47.9 Å². The molecule has 3 heteroatoms. The van der Waals surface area contributed by atoms with E-state index in [1.165, 1.54) is 24.9 Å². The summed E-state index contributed by atoms with van der Waals surface area (Å²) in [5.41, 5.74) is 1.85. The number of nitrogens with zero attached hydrogens (tertiary/aromatic N) is 1. The van der Waals surface area contributed by atoms with Crippen molar-refractivity contribution in [3.05, 3.63) is 23.8 Å². The second-order valence-electron chi connectivity index (χ2n) is 8.97. The molecule has 3 nitrogen and oxygen atoms in total. The second kappa shape index (κ2) is 6.01. The van der Waals surface area contributed by atoms with E-state index >= 15 is 0 Å². The molecule has 3 rings (SSSR count). The van der Waals surface area contributed by atoms with Gasteiger partial charge in [0.1, 0.15) is 12.7 Å². The minimum atomic E-state index is 0.134. The van der Waals surface area contributed by atoms with E-state index in [-0.39, 0.29) is 11.5 Å². The van der Waals surface area contributed by atoms with Crippen LogP contribution in [0.4, 0.5) is 0 Å². The number of piperidine rings is 1. The van der Waals surface area contributed by atoms with Crippen molar-refractivity contribution in [2.24, 2.45) is 5.41 Å². The third-order valence-corrected chi connectivity index (χ3v) is 4.97. The molecule has 2 aliphatic rings. The second-order valence-corrected chi connectivity index (χ2v) is 8.97. The van der Waals surface area contributed by atoms with Gasteiger partial charge < -0.3 is 9.47 Å². The monoisotopic (exact) mass is 317 g/mol. The first kappa shape index (κ1) is 16.6. The zero-order valence-electron chi connectivity index (χ0n) is 15.3. The molecule has 1 aromatic carbocycles. The molecule has 0 spiro atoms. The summed E-state index contributed by atoms with van der Waals surface area (Å²) in [6, 6.07) is 6.37. The molecule has 1 atom stereocenters. The van der Waals surface area contributed by atoms with Crippen molar-refractivity contribution in [2.45, 2.75) is 59.0 Å². The van der Waals surface area contributed by atoms with Crippen molar-refractivity contribution in [1.29, 1.82) is 0 Å². The molecule has 2 aliphatic heterocycles. The van der Waals surface area contributed by atoms with Crippen molar-refractivity contribution in [3.8, 4) is 11.5 Å². The fraction of sp³-hybridized carbons (Fsp3) is 0.700. The third kappa shape index (κ3) is 4.00. The molecule has 1 saturated heterocycles. The Kier molecular flexibility index (Phi) is 4.35. The molecule has 0 saturated carbocycles. The van der Waals surface area contributed by atoms with Crippen molar-refractivity contribution in [2.75, 3.05) is 26.2 Å². The van der Waals surface area contributed by atoms with E-state index in [1.807, 2.05) is 0 Å². The zero-order valence-corrected chi connectivity index (χ0v) is 15.3. The Hall–Kier alpha value is -1.22. The highest BCUT2D eigenvalue weighted by Crippen LogP contribution is 2.36. The van der Waals surface area contributed by atoms with Crippen LogP contribution in [-0.4, -0.2) is 37.2 Å². The van der Waals surface area contributed by atoms with E-state index in [2.05, 4.69) is 57.7 Å². The van der Waals surface area contributed by atoms with Gasteiger partial charge in [-0.25, -0.2) is 0 Å². The largest absolute Gasteiger partial charge is 0.486 e. The van der Waals surface area contributed by atoms with Gasteiger partial charge in [0.15, 0.2) is 11.5 Å². The fourth-order valence-electron chi connectivity index (χ4n) is 3.66. The molecule has 2 heterocycles. The Balaban J connectivity index is 1.64. The summed E-state index contributed by atoms with van der Waals surface area (Å²) < 4.78 is 12.2. The number of rotatable bonds is 2. The number of hydrogen-bond donors (Lipinski definition) is 0. The summed E-state index contributed by atoms with van der Waals surface area (Å²) in [5.74, 6) is 1.79. The molecule has 0 bridgehead atoms. The molecule has 0 aromatic heterocycles. The zero-order chi connectivity index (χ0) is 16.7. The van der Waals surface area contributed by atoms with Crippen LogP contribution in [0.5, 0.6) is 11.5 Å². The minimum Gasteiger partial charge on any atom is -0.486 e. The third-order valence-electron chi connectivity index (χ3n) is 4.97. The first-order chi connectivity index (χ1) is 10.7. The number of ether oxygens (including phenoxy) is 2. The molecule has 128 valence electrons. The van der Waals surface area contributed by atoms with Gasteiger partial charge in [0.2, 0.25) is 0 Å². The van der Waals surface area contributed by atoms with Crippen molar-refractivity contribution in [3.63, 3.8) is 0 Å². The summed E-state index contributed by atoms with van der Waals surface area (Å²) in [6.45, 7) is 15.3. The van der Waals surface area contributed by atoms with Gasteiger partial charge in [0, 0.05) is 13.1 Å². The predicted octanol–water partition coefficient (Wildman–Crippen LogP) is 4.25. The summed E-state index contributed by atoms with van der Waals surface area (Å²) in [7, 11) is 0. The molecule has 0 aliphatic carbocycles. The number of benzene rings is 1. The van der Waals surface area contributed by atoms with Gasteiger partial charge >= 0.3 is 0 Å². The summed E-state index contributed by atoms with van der Waals surface area (Å²) in [6.07, 6.45) is 2.74. The summed E-state index contributed by atoms with van der Waals surface area (Å²) >= 11 is 0. The fourth-order valence-corrected chi connectivity index (χ4v) is 3.66. The van der Waals surface area contributed by atoms with Gasteiger partial charge in [-0.2, -0.15) is 0 Å². The lowest BCUT2D eigenvalue weighted by Gasteiger charge is -2.40. The summed E-state index contributed by atoms with van der Waals surface area (Å²) in [4.78, 5) is 2.53. The highest BCUT2D eigenvalue weighted by atomic mass is 16.6. The van der Waals surface area contributed by atoms with Crippen LogP contribution >= 0.6 is 0 Å². The first-order valence-electron chi connectivity index (χ1n) is 8.89. The first-order valence-corrected chi connectivity index (χ1v) is 8.89. The van der Waals surface area contributed by atoms with Crippen LogP contribution in [0.15, 0.2) is 18.2 Å². The van der Waals surface area contributed by atoms with Crippen LogP contribution in [0.2, 0.25) is 0 Å². The Morgan fingerprint density at radius 2 is 2.00 bits per heavy atom. The maximum atomic E-state index is 6.20.